The molecule has 0 spiro atoms. The molecule has 0 fully saturated rings. The Morgan fingerprint density at radius 2 is 2.17 bits per heavy atom. The van der Waals surface area contributed by atoms with Crippen LogP contribution in [0, 0.1) is 5.82 Å². The number of halogens is 1. The molecule has 12 heavy (non-hydrogen) atoms. The monoisotopic (exact) mass is 173 g/mol. The molecule has 3 N–H and O–H groups in total. The quantitative estimate of drug-likeness (QED) is 0.553. The number of nitrogens with one attached hydrogen (secondary N) is 1. The predicted molar refractivity (Wildman–Crippen MR) is 35.6 cm³/mol. The zero-order valence-corrected chi connectivity index (χ0v) is 5.67. The second-order valence-electron chi connectivity index (χ2n) is 2.01. The lowest BCUT2D eigenvalue weighted by molar-refractivity contribution is 0.0692. The third-order valence-corrected chi connectivity index (χ3v) is 1.21. The Morgan fingerprint density at radius 3 is 2.67 bits per heavy atom. The van der Waals surface area contributed by atoms with Crippen molar-refractivity contribution in [3.63, 3.8) is 0 Å². The molecule has 0 atom stereocenters. The summed E-state index contributed by atoms with van der Waals surface area (Å²) >= 11 is 0. The Bertz CT molecular complexity index is 384. The zero-order valence-electron chi connectivity index (χ0n) is 5.67. The summed E-state index contributed by atoms with van der Waals surface area (Å²) in [4.78, 5) is 22.3. The van der Waals surface area contributed by atoms with E-state index in [4.69, 9.17) is 10.2 Å². The molecule has 5 nitrogen and oxygen atoms in total. The molecule has 1 heterocycles. The third-order valence-electron chi connectivity index (χ3n) is 1.21. The summed E-state index contributed by atoms with van der Waals surface area (Å²) in [5.41, 5.74) is -1.83. The van der Waals surface area contributed by atoms with E-state index in [0.29, 0.717) is 6.07 Å². The third kappa shape index (κ3) is 1.26. The average molecular weight is 173 g/mol. The Balaban J connectivity index is 3.43. The number of carboxylic acids is 1. The van der Waals surface area contributed by atoms with E-state index in [9.17, 15) is 14.0 Å². The van der Waals surface area contributed by atoms with Gasteiger partial charge >= 0.3 is 5.97 Å². The Labute approximate surface area is 65.1 Å². The molecular formula is C6H4FNO4. The number of carboxylic acid groups (broad SMARTS) is 1. The van der Waals surface area contributed by atoms with Gasteiger partial charge in [-0.25, -0.2) is 9.18 Å². The van der Waals surface area contributed by atoms with Crippen LogP contribution in [0.15, 0.2) is 10.9 Å². The molecule has 1 aromatic rings. The topological polar surface area (TPSA) is 90.4 Å². The van der Waals surface area contributed by atoms with Crippen molar-refractivity contribution in [3.8, 4) is 5.88 Å². The van der Waals surface area contributed by atoms with Gasteiger partial charge < -0.3 is 10.2 Å². The van der Waals surface area contributed by atoms with Crippen LogP contribution in [0.25, 0.3) is 0 Å². The molecule has 0 amide bonds. The van der Waals surface area contributed by atoms with Crippen molar-refractivity contribution in [1.82, 2.24) is 4.98 Å². The van der Waals surface area contributed by atoms with Crippen LogP contribution in [0.1, 0.15) is 10.4 Å². The molecule has 1 aromatic heterocycles. The minimum Gasteiger partial charge on any atom is -0.494 e. The van der Waals surface area contributed by atoms with E-state index in [1.54, 1.807) is 4.98 Å². The maximum atomic E-state index is 12.4. The first kappa shape index (κ1) is 8.25. The first-order valence-corrected chi connectivity index (χ1v) is 2.87. The highest BCUT2D eigenvalue weighted by molar-refractivity contribution is 5.89. The maximum Gasteiger partial charge on any atom is 0.341 e. The van der Waals surface area contributed by atoms with Gasteiger partial charge in [0.15, 0.2) is 5.82 Å². The normalized spacial score (nSPS) is 9.75. The van der Waals surface area contributed by atoms with Crippen molar-refractivity contribution in [3.05, 3.63) is 27.8 Å². The highest BCUT2D eigenvalue weighted by atomic mass is 19.1. The smallest absolute Gasteiger partial charge is 0.341 e. The zero-order chi connectivity index (χ0) is 9.30. The van der Waals surface area contributed by atoms with Crippen LogP contribution in [0.5, 0.6) is 5.88 Å². The molecule has 0 bridgehead atoms. The minimum absolute atomic E-state index is 0.455. The average Bonchev–Trinajstić information content (AvgIpc) is 1.96. The fraction of sp³-hybridized carbons (Fsp3) is 0. The number of hydrogen-bond donors (Lipinski definition) is 3. The first-order valence-electron chi connectivity index (χ1n) is 2.87. The highest BCUT2D eigenvalue weighted by Gasteiger charge is 2.12. The van der Waals surface area contributed by atoms with Crippen molar-refractivity contribution >= 4 is 5.97 Å². The van der Waals surface area contributed by atoms with Crippen LogP contribution in [-0.2, 0) is 0 Å². The van der Waals surface area contributed by atoms with E-state index in [-0.39, 0.29) is 0 Å². The van der Waals surface area contributed by atoms with Crippen molar-refractivity contribution in [1.29, 1.82) is 0 Å². The van der Waals surface area contributed by atoms with Crippen molar-refractivity contribution in [2.75, 3.05) is 0 Å². The molecule has 0 radical (unpaired) electrons. The second kappa shape index (κ2) is 2.65. The molecule has 0 saturated heterocycles. The van der Waals surface area contributed by atoms with Gasteiger partial charge in [-0.15, -0.1) is 0 Å². The summed E-state index contributed by atoms with van der Waals surface area (Å²) in [5.74, 6) is -3.61. The Morgan fingerprint density at radius 1 is 1.58 bits per heavy atom. The largest absolute Gasteiger partial charge is 0.494 e. The molecule has 64 valence electrons. The van der Waals surface area contributed by atoms with Gasteiger partial charge in [0.2, 0.25) is 5.88 Å². The van der Waals surface area contributed by atoms with Gasteiger partial charge in [0.05, 0.1) is 0 Å². The molecule has 0 aliphatic rings. The van der Waals surface area contributed by atoms with Gasteiger partial charge in [-0.05, 0) is 6.07 Å². The molecule has 0 unspecified atom stereocenters. The number of aromatic amines is 1. The molecule has 0 aliphatic heterocycles. The van der Waals surface area contributed by atoms with Gasteiger partial charge in [-0.3, -0.25) is 9.78 Å². The number of H-pyrrole nitrogens is 1. The fourth-order valence-corrected chi connectivity index (χ4v) is 0.658. The van der Waals surface area contributed by atoms with Gasteiger partial charge in [0.25, 0.3) is 5.56 Å². The van der Waals surface area contributed by atoms with Gasteiger partial charge in [0.1, 0.15) is 5.56 Å². The minimum atomic E-state index is -1.51. The van der Waals surface area contributed by atoms with Crippen LogP contribution in [0.3, 0.4) is 0 Å². The molecular weight excluding hydrogens is 169 g/mol. The molecule has 0 aliphatic carbocycles. The fourth-order valence-electron chi connectivity index (χ4n) is 0.658. The van der Waals surface area contributed by atoms with E-state index in [2.05, 4.69) is 0 Å². The van der Waals surface area contributed by atoms with Crippen LogP contribution in [-0.4, -0.2) is 21.2 Å². The van der Waals surface area contributed by atoms with Crippen molar-refractivity contribution < 1.29 is 19.4 Å². The maximum absolute atomic E-state index is 12.4. The summed E-state index contributed by atoms with van der Waals surface area (Å²) in [6.45, 7) is 0. The highest BCUT2D eigenvalue weighted by Crippen LogP contribution is 2.10. The molecule has 1 rings (SSSR count). The number of aromatic hydroxyl groups is 1. The molecule has 6 heteroatoms. The molecule has 0 saturated carbocycles. The Hall–Kier alpha value is -1.85. The summed E-state index contributed by atoms with van der Waals surface area (Å²) in [6, 6.07) is 0.455. The van der Waals surface area contributed by atoms with E-state index >= 15 is 0 Å². The number of aromatic carboxylic acids is 1. The van der Waals surface area contributed by atoms with E-state index < -0.39 is 28.8 Å². The van der Waals surface area contributed by atoms with Gasteiger partial charge in [0, 0.05) is 0 Å². The summed E-state index contributed by atoms with van der Waals surface area (Å²) in [5, 5.41) is 17.1. The van der Waals surface area contributed by atoms with E-state index in [0.717, 1.165) is 0 Å². The lowest BCUT2D eigenvalue weighted by atomic mass is 10.3. The van der Waals surface area contributed by atoms with Crippen LogP contribution >= 0.6 is 0 Å². The molecule has 0 aromatic carbocycles. The second-order valence-corrected chi connectivity index (χ2v) is 2.01. The first-order chi connectivity index (χ1) is 5.52. The van der Waals surface area contributed by atoms with Crippen molar-refractivity contribution in [2.45, 2.75) is 0 Å². The van der Waals surface area contributed by atoms with Crippen LogP contribution in [0.2, 0.25) is 0 Å². The summed E-state index contributed by atoms with van der Waals surface area (Å²) in [7, 11) is 0. The van der Waals surface area contributed by atoms with Gasteiger partial charge in [-0.1, -0.05) is 0 Å². The summed E-state index contributed by atoms with van der Waals surface area (Å²) < 4.78 is 12.4. The van der Waals surface area contributed by atoms with E-state index in [1.165, 1.54) is 0 Å². The number of pyridine rings is 1. The van der Waals surface area contributed by atoms with Crippen LogP contribution in [0.4, 0.5) is 4.39 Å². The summed E-state index contributed by atoms with van der Waals surface area (Å²) in [6.07, 6.45) is 0. The Kier molecular flexibility index (Phi) is 1.82. The lowest BCUT2D eigenvalue weighted by Crippen LogP contribution is -2.13. The van der Waals surface area contributed by atoms with Gasteiger partial charge in [-0.2, -0.15) is 0 Å². The number of rotatable bonds is 1. The SMILES string of the molecule is O=C(O)c1cc(F)c(=O)[nH]c1O. The van der Waals surface area contributed by atoms with E-state index in [1.807, 2.05) is 0 Å². The van der Waals surface area contributed by atoms with Crippen molar-refractivity contribution in [2.24, 2.45) is 0 Å². The number of aromatic nitrogens is 1. The predicted octanol–water partition coefficient (Wildman–Crippen LogP) is -0.0822. The lowest BCUT2D eigenvalue weighted by Gasteiger charge is -1.96. The standard InChI is InChI=1S/C6H4FNO4/c7-3-1-2(6(11)12)4(9)8-5(3)10/h1H,(H,11,12)(H2,8,9,10). The number of carbonyl (C=O) groups is 1. The van der Waals surface area contributed by atoms with Crippen LogP contribution < -0.4 is 5.56 Å². The number of hydrogen-bond acceptors (Lipinski definition) is 3.